The van der Waals surface area contributed by atoms with Crippen molar-refractivity contribution in [1.82, 2.24) is 5.32 Å². The summed E-state index contributed by atoms with van der Waals surface area (Å²) in [6.45, 7) is 0.974. The highest BCUT2D eigenvalue weighted by molar-refractivity contribution is 5.94. The van der Waals surface area contributed by atoms with Crippen LogP contribution in [0, 0.1) is 0 Å². The minimum Gasteiger partial charge on any atom is -0.508 e. The fraction of sp³-hybridized carbons (Fsp3) is 0.533. The number of carbonyl (C=O) groups is 1. The molecule has 5 nitrogen and oxygen atoms in total. The average molecular weight is 278 g/mol. The number of benzene rings is 1. The Morgan fingerprint density at radius 3 is 2.80 bits per heavy atom. The van der Waals surface area contributed by atoms with Crippen LogP contribution in [0.4, 0.5) is 0 Å². The Labute approximate surface area is 119 Å². The van der Waals surface area contributed by atoms with Crippen molar-refractivity contribution in [1.29, 1.82) is 0 Å². The van der Waals surface area contributed by atoms with E-state index in [-0.39, 0.29) is 17.8 Å². The van der Waals surface area contributed by atoms with Crippen LogP contribution in [0.25, 0.3) is 0 Å². The minimum absolute atomic E-state index is 0.0902. The number of ether oxygens (including phenoxy) is 1. The number of hydrogen-bond donors (Lipinski definition) is 3. The van der Waals surface area contributed by atoms with E-state index in [0.29, 0.717) is 24.8 Å². The van der Waals surface area contributed by atoms with E-state index in [0.717, 1.165) is 25.7 Å². The van der Waals surface area contributed by atoms with E-state index in [4.69, 9.17) is 10.5 Å². The molecule has 5 heteroatoms. The number of hydrogen-bond acceptors (Lipinski definition) is 4. The fourth-order valence-electron chi connectivity index (χ4n) is 2.39. The van der Waals surface area contributed by atoms with Gasteiger partial charge in [0.2, 0.25) is 0 Å². The number of nitrogens with one attached hydrogen (secondary N) is 1. The number of aromatic hydroxyl groups is 1. The summed E-state index contributed by atoms with van der Waals surface area (Å²) in [6.07, 6.45) is 4.30. The first-order valence-corrected chi connectivity index (χ1v) is 7.09. The predicted octanol–water partition coefficient (Wildman–Crippen LogP) is 1.41. The molecule has 0 heterocycles. The van der Waals surface area contributed by atoms with Crippen LogP contribution < -0.4 is 11.1 Å². The molecule has 1 aliphatic rings. The molecule has 1 aliphatic carbocycles. The van der Waals surface area contributed by atoms with Crippen molar-refractivity contribution in [2.45, 2.75) is 37.8 Å². The second kappa shape index (κ2) is 7.26. The van der Waals surface area contributed by atoms with Crippen LogP contribution in [-0.4, -0.2) is 36.3 Å². The first kappa shape index (κ1) is 14.8. The highest BCUT2D eigenvalue weighted by atomic mass is 16.5. The van der Waals surface area contributed by atoms with Gasteiger partial charge in [-0.05, 0) is 43.9 Å². The van der Waals surface area contributed by atoms with Crippen LogP contribution in [0.1, 0.15) is 36.0 Å². The van der Waals surface area contributed by atoms with Gasteiger partial charge in [-0.3, -0.25) is 4.79 Å². The van der Waals surface area contributed by atoms with Crippen molar-refractivity contribution in [3.05, 3.63) is 29.8 Å². The van der Waals surface area contributed by atoms with Gasteiger partial charge in [-0.1, -0.05) is 6.07 Å². The maximum atomic E-state index is 11.8. The summed E-state index contributed by atoms with van der Waals surface area (Å²) in [5, 5.41) is 12.1. The van der Waals surface area contributed by atoms with E-state index in [9.17, 15) is 9.90 Å². The zero-order valence-electron chi connectivity index (χ0n) is 11.5. The first-order valence-electron chi connectivity index (χ1n) is 7.09. The lowest BCUT2D eigenvalue weighted by molar-refractivity contribution is 0.0267. The van der Waals surface area contributed by atoms with E-state index < -0.39 is 0 Å². The topological polar surface area (TPSA) is 84.6 Å². The Balaban J connectivity index is 1.64. The smallest absolute Gasteiger partial charge is 0.251 e. The third-order valence-electron chi connectivity index (χ3n) is 3.57. The number of phenolic OH excluding ortho intramolecular Hbond substituents is 1. The normalized spacial score (nSPS) is 22.4. The largest absolute Gasteiger partial charge is 0.508 e. The molecule has 1 fully saturated rings. The number of phenols is 1. The van der Waals surface area contributed by atoms with Crippen LogP contribution in [0.3, 0.4) is 0 Å². The third-order valence-corrected chi connectivity index (χ3v) is 3.57. The van der Waals surface area contributed by atoms with Gasteiger partial charge < -0.3 is 20.9 Å². The Morgan fingerprint density at radius 2 is 2.10 bits per heavy atom. The Morgan fingerprint density at radius 1 is 1.35 bits per heavy atom. The number of amides is 1. The quantitative estimate of drug-likeness (QED) is 0.711. The van der Waals surface area contributed by atoms with Gasteiger partial charge in [-0.25, -0.2) is 0 Å². The molecule has 0 radical (unpaired) electrons. The molecular formula is C15H22N2O3. The van der Waals surface area contributed by atoms with Gasteiger partial charge in [-0.15, -0.1) is 0 Å². The summed E-state index contributed by atoms with van der Waals surface area (Å²) >= 11 is 0. The van der Waals surface area contributed by atoms with Crippen LogP contribution in [0.5, 0.6) is 5.75 Å². The number of carbonyl (C=O) groups excluding carboxylic acids is 1. The molecule has 4 N–H and O–H groups in total. The summed E-state index contributed by atoms with van der Waals surface area (Å²) in [7, 11) is 0. The highest BCUT2D eigenvalue weighted by Crippen LogP contribution is 2.19. The Kier molecular flexibility index (Phi) is 5.38. The zero-order chi connectivity index (χ0) is 14.4. The molecule has 1 amide bonds. The molecule has 20 heavy (non-hydrogen) atoms. The summed E-state index contributed by atoms with van der Waals surface area (Å²) in [4.78, 5) is 11.8. The summed E-state index contributed by atoms with van der Waals surface area (Å²) in [5.41, 5.74) is 6.29. The van der Waals surface area contributed by atoms with Crippen LogP contribution >= 0.6 is 0 Å². The highest BCUT2D eigenvalue weighted by Gasteiger charge is 2.18. The van der Waals surface area contributed by atoms with Crippen LogP contribution in [-0.2, 0) is 4.74 Å². The maximum absolute atomic E-state index is 11.8. The number of rotatable bonds is 5. The van der Waals surface area contributed by atoms with Gasteiger partial charge in [0.05, 0.1) is 12.7 Å². The van der Waals surface area contributed by atoms with Crippen molar-refractivity contribution in [3.8, 4) is 5.75 Å². The molecule has 1 aromatic carbocycles. The summed E-state index contributed by atoms with van der Waals surface area (Å²) in [6, 6.07) is 6.61. The molecular weight excluding hydrogens is 256 g/mol. The van der Waals surface area contributed by atoms with E-state index in [2.05, 4.69) is 5.32 Å². The average Bonchev–Trinajstić information content (AvgIpc) is 2.45. The Bertz CT molecular complexity index is 442. The molecule has 0 spiro atoms. The van der Waals surface area contributed by atoms with Gasteiger partial charge >= 0.3 is 0 Å². The molecule has 0 aromatic heterocycles. The van der Waals surface area contributed by atoms with E-state index in [1.165, 1.54) is 12.1 Å². The van der Waals surface area contributed by atoms with Gasteiger partial charge in [0.1, 0.15) is 5.75 Å². The van der Waals surface area contributed by atoms with E-state index in [1.807, 2.05) is 0 Å². The van der Waals surface area contributed by atoms with Gasteiger partial charge in [0.25, 0.3) is 5.91 Å². The van der Waals surface area contributed by atoms with Crippen molar-refractivity contribution < 1.29 is 14.6 Å². The molecule has 0 bridgehead atoms. The summed E-state index contributed by atoms with van der Waals surface area (Å²) in [5.74, 6) is -0.109. The molecule has 0 saturated heterocycles. The standard InChI is InChI=1S/C15H22N2O3/c16-12-4-6-14(7-5-12)20-9-8-17-15(19)11-2-1-3-13(18)10-11/h1-3,10,12,14,18H,4-9,16H2,(H,17,19). The zero-order valence-corrected chi connectivity index (χ0v) is 11.5. The molecule has 0 unspecified atom stereocenters. The second-order valence-corrected chi connectivity index (χ2v) is 5.21. The first-order chi connectivity index (χ1) is 9.65. The molecule has 0 atom stereocenters. The van der Waals surface area contributed by atoms with Crippen LogP contribution in [0.2, 0.25) is 0 Å². The SMILES string of the molecule is NC1CCC(OCCNC(=O)c2cccc(O)c2)CC1. The van der Waals surface area contributed by atoms with Crippen molar-refractivity contribution in [2.75, 3.05) is 13.2 Å². The van der Waals surface area contributed by atoms with Crippen molar-refractivity contribution in [2.24, 2.45) is 5.73 Å². The predicted molar refractivity (Wildman–Crippen MR) is 76.6 cm³/mol. The van der Waals surface area contributed by atoms with E-state index in [1.54, 1.807) is 12.1 Å². The number of nitrogens with two attached hydrogens (primary N) is 1. The summed E-state index contributed by atoms with van der Waals surface area (Å²) < 4.78 is 5.72. The van der Waals surface area contributed by atoms with Crippen LogP contribution in [0.15, 0.2) is 24.3 Å². The van der Waals surface area contributed by atoms with Crippen molar-refractivity contribution >= 4 is 5.91 Å². The monoisotopic (exact) mass is 278 g/mol. The fourth-order valence-corrected chi connectivity index (χ4v) is 2.39. The lowest BCUT2D eigenvalue weighted by atomic mass is 9.94. The Hall–Kier alpha value is -1.59. The lowest BCUT2D eigenvalue weighted by Gasteiger charge is -2.26. The minimum atomic E-state index is -0.199. The molecule has 1 aromatic rings. The van der Waals surface area contributed by atoms with E-state index >= 15 is 0 Å². The van der Waals surface area contributed by atoms with Gasteiger partial charge in [0.15, 0.2) is 0 Å². The molecule has 1 saturated carbocycles. The lowest BCUT2D eigenvalue weighted by Crippen LogP contribution is -2.33. The third kappa shape index (κ3) is 4.51. The maximum Gasteiger partial charge on any atom is 0.251 e. The van der Waals surface area contributed by atoms with Gasteiger partial charge in [0, 0.05) is 18.2 Å². The second-order valence-electron chi connectivity index (χ2n) is 5.21. The molecule has 110 valence electrons. The van der Waals surface area contributed by atoms with Crippen molar-refractivity contribution in [3.63, 3.8) is 0 Å². The van der Waals surface area contributed by atoms with Gasteiger partial charge in [-0.2, -0.15) is 0 Å². The molecule has 2 rings (SSSR count). The molecule has 0 aliphatic heterocycles.